The van der Waals surface area contributed by atoms with Gasteiger partial charge in [0.25, 0.3) is 5.69 Å². The number of hydrogen-bond acceptors (Lipinski definition) is 3. The molecule has 120 valence electrons. The van der Waals surface area contributed by atoms with Gasteiger partial charge in [-0.1, -0.05) is 12.1 Å². The molecule has 5 nitrogen and oxygen atoms in total. The Bertz CT molecular complexity index is 802. The first-order valence-electron chi connectivity index (χ1n) is 6.00. The maximum absolute atomic E-state index is 13.3. The number of aromatic carboxylic acids is 1. The lowest BCUT2D eigenvalue weighted by molar-refractivity contribution is -0.385. The van der Waals surface area contributed by atoms with E-state index in [2.05, 4.69) is 0 Å². The van der Waals surface area contributed by atoms with E-state index in [-0.39, 0.29) is 11.1 Å². The van der Waals surface area contributed by atoms with Gasteiger partial charge in [-0.25, -0.2) is 9.18 Å². The molecule has 0 atom stereocenters. The summed E-state index contributed by atoms with van der Waals surface area (Å²) in [4.78, 5) is 20.8. The van der Waals surface area contributed by atoms with E-state index in [1.807, 2.05) is 0 Å². The third-order valence-electron chi connectivity index (χ3n) is 3.03. The van der Waals surface area contributed by atoms with Crippen LogP contribution in [0.1, 0.15) is 15.9 Å². The average molecular weight is 329 g/mol. The minimum Gasteiger partial charge on any atom is -0.477 e. The van der Waals surface area contributed by atoms with Gasteiger partial charge in [0.15, 0.2) is 0 Å². The molecule has 0 saturated carbocycles. The fraction of sp³-hybridized carbons (Fsp3) is 0.0714. The van der Waals surface area contributed by atoms with E-state index in [0.717, 1.165) is 24.3 Å². The second-order valence-corrected chi connectivity index (χ2v) is 4.49. The zero-order chi connectivity index (χ0) is 17.4. The summed E-state index contributed by atoms with van der Waals surface area (Å²) in [7, 11) is 0. The van der Waals surface area contributed by atoms with Crippen molar-refractivity contribution in [2.75, 3.05) is 0 Å². The summed E-state index contributed by atoms with van der Waals surface area (Å²) < 4.78 is 51.3. The van der Waals surface area contributed by atoms with E-state index in [4.69, 9.17) is 5.11 Å². The highest BCUT2D eigenvalue weighted by atomic mass is 19.4. The summed E-state index contributed by atoms with van der Waals surface area (Å²) in [6.45, 7) is 0. The van der Waals surface area contributed by atoms with E-state index in [9.17, 15) is 32.5 Å². The molecule has 1 N–H and O–H groups in total. The molecule has 2 aromatic rings. The summed E-state index contributed by atoms with van der Waals surface area (Å²) in [5.41, 5.74) is -3.05. The van der Waals surface area contributed by atoms with Crippen LogP contribution >= 0.6 is 0 Å². The van der Waals surface area contributed by atoms with Crippen LogP contribution in [0.4, 0.5) is 23.2 Å². The molecule has 0 aliphatic rings. The Kier molecular flexibility index (Phi) is 4.04. The van der Waals surface area contributed by atoms with Crippen molar-refractivity contribution in [1.29, 1.82) is 0 Å². The van der Waals surface area contributed by atoms with E-state index >= 15 is 0 Å². The predicted molar refractivity (Wildman–Crippen MR) is 70.5 cm³/mol. The molecule has 0 radical (unpaired) electrons. The second-order valence-electron chi connectivity index (χ2n) is 4.49. The van der Waals surface area contributed by atoms with Gasteiger partial charge in [0.2, 0.25) is 0 Å². The van der Waals surface area contributed by atoms with Crippen molar-refractivity contribution in [3.8, 4) is 11.1 Å². The SMILES string of the molecule is O=C(O)c1ccc(-c2ccc(F)c(C(F)(F)F)c2)cc1[N+](=O)[O-]. The molecule has 2 aromatic carbocycles. The lowest BCUT2D eigenvalue weighted by atomic mass is 10.00. The molecule has 2 rings (SSSR count). The minimum atomic E-state index is -4.92. The Morgan fingerprint density at radius 1 is 1.09 bits per heavy atom. The number of carboxylic acid groups (broad SMARTS) is 1. The number of halogens is 4. The number of nitrogens with zero attached hydrogens (tertiary/aromatic N) is 1. The van der Waals surface area contributed by atoms with Crippen molar-refractivity contribution in [3.05, 3.63) is 63.5 Å². The number of carbonyl (C=O) groups is 1. The van der Waals surface area contributed by atoms with Gasteiger partial charge < -0.3 is 5.11 Å². The second kappa shape index (κ2) is 5.67. The Hall–Kier alpha value is -2.97. The number of rotatable bonds is 3. The zero-order valence-electron chi connectivity index (χ0n) is 11.1. The molecule has 0 unspecified atom stereocenters. The molecule has 9 heteroatoms. The van der Waals surface area contributed by atoms with Gasteiger partial charge in [-0.05, 0) is 29.3 Å². The average Bonchev–Trinajstić information content (AvgIpc) is 2.45. The summed E-state index contributed by atoms with van der Waals surface area (Å²) in [5.74, 6) is -3.02. The van der Waals surface area contributed by atoms with Gasteiger partial charge in [-0.15, -0.1) is 0 Å². The highest BCUT2D eigenvalue weighted by Crippen LogP contribution is 2.35. The van der Waals surface area contributed by atoms with Gasteiger partial charge >= 0.3 is 12.1 Å². The van der Waals surface area contributed by atoms with Crippen molar-refractivity contribution >= 4 is 11.7 Å². The van der Waals surface area contributed by atoms with E-state index in [1.54, 1.807) is 0 Å². The molecule has 0 amide bonds. The minimum absolute atomic E-state index is 0.0350. The number of benzene rings is 2. The van der Waals surface area contributed by atoms with Crippen LogP contribution in [0.25, 0.3) is 11.1 Å². The van der Waals surface area contributed by atoms with Gasteiger partial charge in [0.1, 0.15) is 11.4 Å². The first kappa shape index (κ1) is 16.4. The maximum Gasteiger partial charge on any atom is 0.419 e. The van der Waals surface area contributed by atoms with Crippen molar-refractivity contribution in [2.45, 2.75) is 6.18 Å². The summed E-state index contributed by atoms with van der Waals surface area (Å²) >= 11 is 0. The Balaban J connectivity index is 2.62. The maximum atomic E-state index is 13.3. The lowest BCUT2D eigenvalue weighted by Gasteiger charge is -2.10. The quantitative estimate of drug-likeness (QED) is 0.522. The van der Waals surface area contributed by atoms with Gasteiger partial charge in [-0.3, -0.25) is 10.1 Å². The van der Waals surface area contributed by atoms with Gasteiger partial charge in [-0.2, -0.15) is 13.2 Å². The van der Waals surface area contributed by atoms with Crippen molar-refractivity contribution < 1.29 is 32.4 Å². The van der Waals surface area contributed by atoms with Crippen molar-refractivity contribution in [2.24, 2.45) is 0 Å². The fourth-order valence-corrected chi connectivity index (χ4v) is 1.97. The molecule has 0 fully saturated rings. The molecule has 0 heterocycles. The number of nitro benzene ring substituents is 1. The molecule has 0 aliphatic carbocycles. The van der Waals surface area contributed by atoms with E-state index in [1.165, 1.54) is 0 Å². The topological polar surface area (TPSA) is 80.4 Å². The van der Waals surface area contributed by atoms with Gasteiger partial charge in [0.05, 0.1) is 10.5 Å². The fourth-order valence-electron chi connectivity index (χ4n) is 1.97. The smallest absolute Gasteiger partial charge is 0.419 e. The molecule has 0 spiro atoms. The van der Waals surface area contributed by atoms with Crippen LogP contribution in [-0.2, 0) is 6.18 Å². The number of hydrogen-bond donors (Lipinski definition) is 1. The van der Waals surface area contributed by atoms with E-state index < -0.39 is 39.7 Å². The number of carboxylic acids is 1. The van der Waals surface area contributed by atoms with Crippen LogP contribution in [0.5, 0.6) is 0 Å². The van der Waals surface area contributed by atoms with E-state index in [0.29, 0.717) is 12.1 Å². The van der Waals surface area contributed by atoms with Crippen LogP contribution in [-0.4, -0.2) is 16.0 Å². The molecule has 0 aromatic heterocycles. The standard InChI is InChI=1S/C14H7F4NO4/c15-11-4-2-7(5-10(11)14(16,17)18)8-1-3-9(13(20)21)12(6-8)19(22)23/h1-6H,(H,20,21). The predicted octanol–water partition coefficient (Wildman–Crippen LogP) is 4.12. The highest BCUT2D eigenvalue weighted by molar-refractivity contribution is 5.93. The molecule has 23 heavy (non-hydrogen) atoms. The molecule has 0 saturated heterocycles. The summed E-state index contributed by atoms with van der Waals surface area (Å²) in [6, 6.07) is 4.97. The third-order valence-corrected chi connectivity index (χ3v) is 3.03. The van der Waals surface area contributed by atoms with Crippen LogP contribution in [0.15, 0.2) is 36.4 Å². The van der Waals surface area contributed by atoms with Crippen molar-refractivity contribution in [1.82, 2.24) is 0 Å². The Morgan fingerprint density at radius 2 is 1.65 bits per heavy atom. The lowest BCUT2D eigenvalue weighted by Crippen LogP contribution is -2.08. The molecule has 0 bridgehead atoms. The normalized spacial score (nSPS) is 11.3. The number of alkyl halides is 3. The van der Waals surface area contributed by atoms with Gasteiger partial charge in [0, 0.05) is 6.07 Å². The summed E-state index contributed by atoms with van der Waals surface area (Å²) in [5, 5.41) is 19.8. The first-order chi connectivity index (χ1) is 10.6. The van der Waals surface area contributed by atoms with Crippen LogP contribution < -0.4 is 0 Å². The zero-order valence-corrected chi connectivity index (χ0v) is 11.1. The Labute approximate surface area is 125 Å². The summed E-state index contributed by atoms with van der Waals surface area (Å²) in [6.07, 6.45) is -4.92. The number of nitro groups is 1. The highest BCUT2D eigenvalue weighted by Gasteiger charge is 2.34. The van der Waals surface area contributed by atoms with Crippen molar-refractivity contribution in [3.63, 3.8) is 0 Å². The van der Waals surface area contributed by atoms with Crippen LogP contribution in [0.2, 0.25) is 0 Å². The largest absolute Gasteiger partial charge is 0.477 e. The monoisotopic (exact) mass is 329 g/mol. The molecular formula is C14H7F4NO4. The molecular weight excluding hydrogens is 322 g/mol. The third kappa shape index (κ3) is 3.28. The first-order valence-corrected chi connectivity index (χ1v) is 6.00. The van der Waals surface area contributed by atoms with Crippen LogP contribution in [0.3, 0.4) is 0 Å². The Morgan fingerprint density at radius 3 is 2.17 bits per heavy atom. The van der Waals surface area contributed by atoms with Crippen LogP contribution in [0, 0.1) is 15.9 Å². The molecule has 0 aliphatic heterocycles.